The van der Waals surface area contributed by atoms with Crippen molar-refractivity contribution in [3.8, 4) is 5.75 Å². The first-order valence-electron chi connectivity index (χ1n) is 7.99. The first kappa shape index (κ1) is 14.4. The van der Waals surface area contributed by atoms with E-state index in [1.807, 2.05) is 12.1 Å². The lowest BCUT2D eigenvalue weighted by Crippen LogP contribution is -2.50. The molecule has 2 bridgehead atoms. The average molecular weight is 288 g/mol. The number of nitrogens with zero attached hydrogens (tertiary/aromatic N) is 1. The predicted octanol–water partition coefficient (Wildman–Crippen LogP) is 2.07. The van der Waals surface area contributed by atoms with E-state index in [4.69, 9.17) is 0 Å². The highest BCUT2D eigenvalue weighted by atomic mass is 16.3. The highest BCUT2D eigenvalue weighted by Crippen LogP contribution is 2.30. The zero-order valence-corrected chi connectivity index (χ0v) is 12.6. The third-order valence-electron chi connectivity index (χ3n) is 4.84. The Bertz CT molecular complexity index is 488. The number of phenolic OH excluding ortho intramolecular Hbond substituents is 1. The van der Waals surface area contributed by atoms with Gasteiger partial charge in [-0.25, -0.2) is 0 Å². The smallest absolute Gasteiger partial charge is 0.227 e. The second kappa shape index (κ2) is 6.06. The maximum atomic E-state index is 12.6. The van der Waals surface area contributed by atoms with E-state index in [2.05, 4.69) is 17.1 Å². The molecule has 0 saturated carbocycles. The monoisotopic (exact) mass is 288 g/mol. The Hall–Kier alpha value is -1.55. The lowest BCUT2D eigenvalue weighted by atomic mass is 9.97. The van der Waals surface area contributed by atoms with Crippen molar-refractivity contribution in [2.45, 2.75) is 57.2 Å². The standard InChI is InChI=1S/C17H24N2O2/c1-2-19(15-10-13-5-6-14(11-15)18-13)17(21)9-12-3-7-16(20)8-4-12/h3-4,7-8,13-15,18,20H,2,5-6,9-11H2,1H3. The molecule has 2 saturated heterocycles. The summed E-state index contributed by atoms with van der Waals surface area (Å²) >= 11 is 0. The third kappa shape index (κ3) is 3.21. The zero-order valence-electron chi connectivity index (χ0n) is 12.6. The molecular formula is C17H24N2O2. The number of hydrogen-bond donors (Lipinski definition) is 2. The minimum atomic E-state index is 0.203. The number of carbonyl (C=O) groups is 1. The number of rotatable bonds is 4. The number of amides is 1. The number of fused-ring (bicyclic) bond motifs is 2. The van der Waals surface area contributed by atoms with E-state index in [9.17, 15) is 9.90 Å². The SMILES string of the molecule is CCN(C(=O)Cc1ccc(O)cc1)C1CC2CCC(C1)N2. The summed E-state index contributed by atoms with van der Waals surface area (Å²) in [7, 11) is 0. The van der Waals surface area contributed by atoms with Crippen molar-refractivity contribution in [2.24, 2.45) is 0 Å². The van der Waals surface area contributed by atoms with Crippen LogP contribution in [0.25, 0.3) is 0 Å². The van der Waals surface area contributed by atoms with Crippen LogP contribution in [0.4, 0.5) is 0 Å². The largest absolute Gasteiger partial charge is 0.508 e. The van der Waals surface area contributed by atoms with Crippen molar-refractivity contribution in [3.05, 3.63) is 29.8 Å². The second-order valence-electron chi connectivity index (χ2n) is 6.29. The number of aromatic hydroxyl groups is 1. The Morgan fingerprint density at radius 2 is 1.86 bits per heavy atom. The Labute approximate surface area is 126 Å². The van der Waals surface area contributed by atoms with Gasteiger partial charge in [-0.05, 0) is 50.3 Å². The molecule has 0 spiro atoms. The maximum absolute atomic E-state index is 12.6. The second-order valence-corrected chi connectivity index (χ2v) is 6.29. The number of likely N-dealkylation sites (N-methyl/N-ethyl adjacent to an activating group) is 1. The van der Waals surface area contributed by atoms with Gasteiger partial charge in [0.25, 0.3) is 0 Å². The highest BCUT2D eigenvalue weighted by molar-refractivity contribution is 5.79. The Morgan fingerprint density at radius 1 is 1.24 bits per heavy atom. The van der Waals surface area contributed by atoms with Gasteiger partial charge in [-0.2, -0.15) is 0 Å². The molecule has 2 unspecified atom stereocenters. The van der Waals surface area contributed by atoms with Gasteiger partial charge in [0.2, 0.25) is 5.91 Å². The van der Waals surface area contributed by atoms with Crippen LogP contribution in [0.5, 0.6) is 5.75 Å². The van der Waals surface area contributed by atoms with Crippen LogP contribution >= 0.6 is 0 Å². The van der Waals surface area contributed by atoms with E-state index in [1.165, 1.54) is 12.8 Å². The quantitative estimate of drug-likeness (QED) is 0.892. The van der Waals surface area contributed by atoms with Gasteiger partial charge in [-0.3, -0.25) is 4.79 Å². The fourth-order valence-electron chi connectivity index (χ4n) is 3.81. The zero-order chi connectivity index (χ0) is 14.8. The number of piperidine rings is 1. The molecule has 2 aliphatic rings. The maximum Gasteiger partial charge on any atom is 0.227 e. The molecule has 1 amide bonds. The molecule has 1 aromatic rings. The van der Waals surface area contributed by atoms with Crippen molar-refractivity contribution < 1.29 is 9.90 Å². The summed E-state index contributed by atoms with van der Waals surface area (Å²) < 4.78 is 0. The van der Waals surface area contributed by atoms with Crippen molar-refractivity contribution in [1.82, 2.24) is 10.2 Å². The highest BCUT2D eigenvalue weighted by Gasteiger charge is 2.36. The van der Waals surface area contributed by atoms with Crippen LogP contribution in [0.3, 0.4) is 0 Å². The lowest BCUT2D eigenvalue weighted by Gasteiger charge is -2.37. The number of hydrogen-bond acceptors (Lipinski definition) is 3. The summed E-state index contributed by atoms with van der Waals surface area (Å²) in [5.41, 5.74) is 0.966. The molecule has 2 N–H and O–H groups in total. The van der Waals surface area contributed by atoms with E-state index in [1.54, 1.807) is 12.1 Å². The molecule has 2 aliphatic heterocycles. The van der Waals surface area contributed by atoms with Gasteiger partial charge in [0.15, 0.2) is 0 Å². The number of benzene rings is 1. The number of carbonyl (C=O) groups excluding carboxylic acids is 1. The summed E-state index contributed by atoms with van der Waals surface area (Å²) in [6, 6.07) is 8.53. The minimum absolute atomic E-state index is 0.203. The van der Waals surface area contributed by atoms with E-state index < -0.39 is 0 Å². The Balaban J connectivity index is 1.65. The number of phenols is 1. The van der Waals surface area contributed by atoms with Gasteiger partial charge in [0.1, 0.15) is 5.75 Å². The van der Waals surface area contributed by atoms with E-state index in [0.717, 1.165) is 24.9 Å². The topological polar surface area (TPSA) is 52.6 Å². The van der Waals surface area contributed by atoms with E-state index in [-0.39, 0.29) is 11.7 Å². The average Bonchev–Trinajstić information content (AvgIpc) is 2.81. The van der Waals surface area contributed by atoms with Gasteiger partial charge in [0.05, 0.1) is 6.42 Å². The summed E-state index contributed by atoms with van der Waals surface area (Å²) in [4.78, 5) is 14.7. The fourth-order valence-corrected chi connectivity index (χ4v) is 3.81. The van der Waals surface area contributed by atoms with Gasteiger partial charge < -0.3 is 15.3 Å². The lowest BCUT2D eigenvalue weighted by molar-refractivity contribution is -0.133. The first-order valence-corrected chi connectivity index (χ1v) is 7.99. The summed E-state index contributed by atoms with van der Waals surface area (Å²) in [5, 5.41) is 12.9. The summed E-state index contributed by atoms with van der Waals surface area (Å²) in [6.07, 6.45) is 5.11. The minimum Gasteiger partial charge on any atom is -0.508 e. The summed E-state index contributed by atoms with van der Waals surface area (Å²) in [6.45, 7) is 2.85. The van der Waals surface area contributed by atoms with Crippen LogP contribution in [0, 0.1) is 0 Å². The first-order chi connectivity index (χ1) is 10.2. The van der Waals surface area contributed by atoms with Crippen LogP contribution in [-0.4, -0.2) is 40.6 Å². The molecule has 0 radical (unpaired) electrons. The van der Waals surface area contributed by atoms with Crippen LogP contribution in [0.1, 0.15) is 38.2 Å². The Morgan fingerprint density at radius 3 is 2.43 bits per heavy atom. The molecule has 3 rings (SSSR count). The molecule has 114 valence electrons. The molecule has 1 aromatic carbocycles. The van der Waals surface area contributed by atoms with Gasteiger partial charge in [0, 0.05) is 24.7 Å². The van der Waals surface area contributed by atoms with Gasteiger partial charge in [-0.15, -0.1) is 0 Å². The predicted molar refractivity (Wildman–Crippen MR) is 82.2 cm³/mol. The molecule has 2 heterocycles. The van der Waals surface area contributed by atoms with E-state index in [0.29, 0.717) is 24.5 Å². The molecule has 21 heavy (non-hydrogen) atoms. The van der Waals surface area contributed by atoms with Crippen LogP contribution < -0.4 is 5.32 Å². The normalized spacial score (nSPS) is 27.6. The molecule has 0 aliphatic carbocycles. The van der Waals surface area contributed by atoms with Crippen molar-refractivity contribution in [1.29, 1.82) is 0 Å². The molecule has 4 nitrogen and oxygen atoms in total. The van der Waals surface area contributed by atoms with Crippen LogP contribution in [0.2, 0.25) is 0 Å². The molecule has 2 atom stereocenters. The third-order valence-corrected chi connectivity index (χ3v) is 4.84. The molecule has 2 fully saturated rings. The van der Waals surface area contributed by atoms with Crippen LogP contribution in [0.15, 0.2) is 24.3 Å². The van der Waals surface area contributed by atoms with Crippen molar-refractivity contribution in [3.63, 3.8) is 0 Å². The Kier molecular flexibility index (Phi) is 4.15. The fraction of sp³-hybridized carbons (Fsp3) is 0.588. The van der Waals surface area contributed by atoms with Gasteiger partial charge >= 0.3 is 0 Å². The van der Waals surface area contributed by atoms with E-state index >= 15 is 0 Å². The molecule has 4 heteroatoms. The van der Waals surface area contributed by atoms with Crippen molar-refractivity contribution >= 4 is 5.91 Å². The molecule has 0 aromatic heterocycles. The van der Waals surface area contributed by atoms with Gasteiger partial charge in [-0.1, -0.05) is 12.1 Å². The van der Waals surface area contributed by atoms with Crippen molar-refractivity contribution in [2.75, 3.05) is 6.54 Å². The van der Waals surface area contributed by atoms with Crippen LogP contribution in [-0.2, 0) is 11.2 Å². The molecular weight excluding hydrogens is 264 g/mol. The summed E-state index contributed by atoms with van der Waals surface area (Å²) in [5.74, 6) is 0.447. The number of nitrogens with one attached hydrogen (secondary N) is 1.